The third kappa shape index (κ3) is 2.78. The summed E-state index contributed by atoms with van der Waals surface area (Å²) in [7, 11) is 0. The number of amides is 2. The summed E-state index contributed by atoms with van der Waals surface area (Å²) in [5.74, 6) is -0.207. The molecule has 2 rings (SSSR count). The Kier molecular flexibility index (Phi) is 4.12. The van der Waals surface area contributed by atoms with E-state index in [1.165, 1.54) is 4.90 Å². The molecule has 1 atom stereocenters. The summed E-state index contributed by atoms with van der Waals surface area (Å²) in [6.45, 7) is 4.06. The van der Waals surface area contributed by atoms with Gasteiger partial charge < -0.3 is 0 Å². The Labute approximate surface area is 119 Å². The van der Waals surface area contributed by atoms with Gasteiger partial charge in [-0.1, -0.05) is 29.8 Å². The average Bonchev–Trinajstić information content (AvgIpc) is 2.55. The number of carbonyl (C=O) groups excluding carboxylic acids is 2. The van der Waals surface area contributed by atoms with Crippen LogP contribution >= 0.6 is 27.7 Å². The molecule has 1 aliphatic heterocycles. The average molecular weight is 328 g/mol. The normalized spacial score (nSPS) is 20.0. The van der Waals surface area contributed by atoms with Gasteiger partial charge in [-0.25, -0.2) is 4.90 Å². The summed E-state index contributed by atoms with van der Waals surface area (Å²) in [6.07, 6.45) is 0.303. The summed E-state index contributed by atoms with van der Waals surface area (Å²) in [5, 5.41) is 0.109. The predicted octanol–water partition coefficient (Wildman–Crippen LogP) is 3.22. The van der Waals surface area contributed by atoms with E-state index in [9.17, 15) is 9.59 Å². The summed E-state index contributed by atoms with van der Waals surface area (Å²) in [4.78, 5) is 25.4. The molecule has 0 N–H and O–H groups in total. The largest absolute Gasteiger partial charge is 0.274 e. The van der Waals surface area contributed by atoms with Gasteiger partial charge >= 0.3 is 0 Å². The molecule has 3 nitrogen and oxygen atoms in total. The SMILES string of the molecule is CC(C)SC1CC(=O)N(c2ccc(Br)cc2)C1=O. The predicted molar refractivity (Wildman–Crippen MR) is 77.8 cm³/mol. The minimum absolute atomic E-state index is 0.0963. The molecular formula is C13H14BrNO2S. The Hall–Kier alpha value is -0.810. The maximum atomic E-state index is 12.2. The Morgan fingerprint density at radius 1 is 1.28 bits per heavy atom. The van der Waals surface area contributed by atoms with Crippen LogP contribution < -0.4 is 4.90 Å². The summed E-state index contributed by atoms with van der Waals surface area (Å²) in [5.41, 5.74) is 0.653. The maximum Gasteiger partial charge on any atom is 0.247 e. The number of nitrogens with zero attached hydrogens (tertiary/aromatic N) is 1. The topological polar surface area (TPSA) is 37.4 Å². The van der Waals surface area contributed by atoms with Crippen molar-refractivity contribution in [3.63, 3.8) is 0 Å². The molecule has 0 aliphatic carbocycles. The van der Waals surface area contributed by atoms with E-state index in [1.54, 1.807) is 23.9 Å². The van der Waals surface area contributed by atoms with Gasteiger partial charge in [-0.3, -0.25) is 9.59 Å². The van der Waals surface area contributed by atoms with E-state index >= 15 is 0 Å². The van der Waals surface area contributed by atoms with Crippen LogP contribution in [0.15, 0.2) is 28.7 Å². The van der Waals surface area contributed by atoms with Gasteiger partial charge in [0, 0.05) is 10.9 Å². The summed E-state index contributed by atoms with van der Waals surface area (Å²) in [6, 6.07) is 7.22. The molecule has 96 valence electrons. The van der Waals surface area contributed by atoms with Gasteiger partial charge in [0.25, 0.3) is 0 Å². The molecule has 1 unspecified atom stereocenters. The molecule has 5 heteroatoms. The Morgan fingerprint density at radius 3 is 2.44 bits per heavy atom. The fourth-order valence-corrected chi connectivity index (χ4v) is 3.28. The van der Waals surface area contributed by atoms with Crippen LogP contribution in [0.3, 0.4) is 0 Å². The van der Waals surface area contributed by atoms with E-state index in [0.29, 0.717) is 17.4 Å². The lowest BCUT2D eigenvalue weighted by molar-refractivity contribution is -0.121. The molecule has 1 aliphatic rings. The third-order valence-corrected chi connectivity index (χ3v) is 4.40. The van der Waals surface area contributed by atoms with E-state index in [0.717, 1.165) is 4.47 Å². The monoisotopic (exact) mass is 327 g/mol. The lowest BCUT2D eigenvalue weighted by Crippen LogP contribution is -2.31. The van der Waals surface area contributed by atoms with E-state index in [1.807, 2.05) is 26.0 Å². The number of rotatable bonds is 3. The van der Waals surface area contributed by atoms with Gasteiger partial charge in [-0.2, -0.15) is 0 Å². The second-order valence-corrected chi connectivity index (χ2v) is 7.12. The van der Waals surface area contributed by atoms with E-state index < -0.39 is 0 Å². The molecule has 2 amide bonds. The second-order valence-electron chi connectivity index (χ2n) is 4.42. The first kappa shape index (κ1) is 13.6. The van der Waals surface area contributed by atoms with E-state index in [4.69, 9.17) is 0 Å². The van der Waals surface area contributed by atoms with Gasteiger partial charge in [0.1, 0.15) is 0 Å². The second kappa shape index (κ2) is 5.45. The molecule has 1 heterocycles. The zero-order valence-electron chi connectivity index (χ0n) is 10.2. The number of thioether (sulfide) groups is 1. The number of halogens is 1. The molecule has 0 bridgehead atoms. The smallest absolute Gasteiger partial charge is 0.247 e. The van der Waals surface area contributed by atoms with Gasteiger partial charge in [0.05, 0.1) is 10.9 Å². The van der Waals surface area contributed by atoms with Crippen molar-refractivity contribution in [2.75, 3.05) is 4.90 Å². The van der Waals surface area contributed by atoms with Crippen LogP contribution in [0, 0.1) is 0 Å². The van der Waals surface area contributed by atoms with Crippen molar-refractivity contribution in [3.8, 4) is 0 Å². The first-order valence-electron chi connectivity index (χ1n) is 5.77. The fourth-order valence-electron chi connectivity index (χ4n) is 1.90. The van der Waals surface area contributed by atoms with Crippen LogP contribution in [0.2, 0.25) is 0 Å². The summed E-state index contributed by atoms with van der Waals surface area (Å²) < 4.78 is 0.929. The Bertz CT molecular complexity index is 472. The van der Waals surface area contributed by atoms with Gasteiger partial charge in [-0.05, 0) is 29.5 Å². The zero-order valence-corrected chi connectivity index (χ0v) is 12.6. The Morgan fingerprint density at radius 2 is 1.89 bits per heavy atom. The van der Waals surface area contributed by atoms with Gasteiger partial charge in [0.15, 0.2) is 0 Å². The van der Waals surface area contributed by atoms with Crippen LogP contribution in [-0.4, -0.2) is 22.3 Å². The van der Waals surface area contributed by atoms with E-state index in [-0.39, 0.29) is 17.1 Å². The molecule has 0 spiro atoms. The van der Waals surface area contributed by atoms with Crippen molar-refractivity contribution >= 4 is 45.2 Å². The number of imide groups is 1. The standard InChI is InChI=1S/C13H14BrNO2S/c1-8(2)18-11-7-12(16)15(13(11)17)10-5-3-9(14)4-6-10/h3-6,8,11H,7H2,1-2H3. The highest BCUT2D eigenvalue weighted by Gasteiger charge is 2.40. The van der Waals surface area contributed by atoms with Crippen LogP contribution in [-0.2, 0) is 9.59 Å². The van der Waals surface area contributed by atoms with Gasteiger partial charge in [0.2, 0.25) is 11.8 Å². The van der Waals surface area contributed by atoms with Crippen molar-refractivity contribution in [2.45, 2.75) is 30.8 Å². The minimum Gasteiger partial charge on any atom is -0.274 e. The highest BCUT2D eigenvalue weighted by atomic mass is 79.9. The molecule has 1 aromatic rings. The molecule has 1 aromatic carbocycles. The van der Waals surface area contributed by atoms with Crippen LogP contribution in [0.4, 0.5) is 5.69 Å². The molecule has 1 saturated heterocycles. The number of hydrogen-bond acceptors (Lipinski definition) is 3. The quantitative estimate of drug-likeness (QED) is 0.800. The van der Waals surface area contributed by atoms with Crippen molar-refractivity contribution in [2.24, 2.45) is 0 Å². The molecule has 1 fully saturated rings. The molecular weight excluding hydrogens is 314 g/mol. The fraction of sp³-hybridized carbons (Fsp3) is 0.385. The molecule has 0 aromatic heterocycles. The maximum absolute atomic E-state index is 12.2. The number of anilines is 1. The van der Waals surface area contributed by atoms with Crippen molar-refractivity contribution in [1.82, 2.24) is 0 Å². The summed E-state index contributed by atoms with van der Waals surface area (Å²) >= 11 is 4.89. The van der Waals surface area contributed by atoms with Crippen LogP contribution in [0.1, 0.15) is 20.3 Å². The minimum atomic E-state index is -0.235. The number of carbonyl (C=O) groups is 2. The molecule has 0 radical (unpaired) electrons. The molecule has 18 heavy (non-hydrogen) atoms. The highest BCUT2D eigenvalue weighted by molar-refractivity contribution is 9.10. The number of hydrogen-bond donors (Lipinski definition) is 0. The van der Waals surface area contributed by atoms with Crippen molar-refractivity contribution in [3.05, 3.63) is 28.7 Å². The zero-order chi connectivity index (χ0) is 13.3. The van der Waals surface area contributed by atoms with Crippen LogP contribution in [0.25, 0.3) is 0 Å². The first-order chi connectivity index (χ1) is 8.49. The highest BCUT2D eigenvalue weighted by Crippen LogP contribution is 2.32. The van der Waals surface area contributed by atoms with Gasteiger partial charge in [-0.15, -0.1) is 11.8 Å². The van der Waals surface area contributed by atoms with E-state index in [2.05, 4.69) is 15.9 Å². The lowest BCUT2D eigenvalue weighted by atomic mass is 10.3. The first-order valence-corrected chi connectivity index (χ1v) is 7.50. The number of benzene rings is 1. The van der Waals surface area contributed by atoms with Crippen molar-refractivity contribution in [1.29, 1.82) is 0 Å². The third-order valence-electron chi connectivity index (χ3n) is 2.63. The lowest BCUT2D eigenvalue weighted by Gasteiger charge is -2.15. The Balaban J connectivity index is 2.21. The van der Waals surface area contributed by atoms with Crippen molar-refractivity contribution < 1.29 is 9.59 Å². The van der Waals surface area contributed by atoms with Crippen LogP contribution in [0.5, 0.6) is 0 Å². The molecule has 0 saturated carbocycles.